The van der Waals surface area contributed by atoms with Crippen molar-refractivity contribution in [1.29, 1.82) is 0 Å². The number of imidazole rings is 1. The first kappa shape index (κ1) is 14.1. The second kappa shape index (κ2) is 5.34. The molecule has 1 N–H and O–H groups in total. The Kier molecular flexibility index (Phi) is 3.96. The molecule has 0 spiro atoms. The van der Waals surface area contributed by atoms with Crippen molar-refractivity contribution in [2.24, 2.45) is 7.05 Å². The zero-order valence-corrected chi connectivity index (χ0v) is 12.4. The van der Waals surface area contributed by atoms with Crippen molar-refractivity contribution in [3.8, 4) is 0 Å². The maximum Gasteiger partial charge on any atom is 0.232 e. The van der Waals surface area contributed by atoms with Gasteiger partial charge in [-0.25, -0.2) is 4.98 Å². The van der Waals surface area contributed by atoms with Crippen molar-refractivity contribution >= 4 is 11.8 Å². The summed E-state index contributed by atoms with van der Waals surface area (Å²) in [5.41, 5.74) is 0.648. The van der Waals surface area contributed by atoms with Crippen LogP contribution in [0.2, 0.25) is 0 Å². The molecule has 0 aromatic carbocycles. The van der Waals surface area contributed by atoms with Gasteiger partial charge in [-0.1, -0.05) is 37.7 Å². The third kappa shape index (κ3) is 3.16. The number of nitrogens with zero attached hydrogens (tertiary/aromatic N) is 4. The van der Waals surface area contributed by atoms with Crippen LogP contribution in [-0.4, -0.2) is 24.8 Å². The van der Waals surface area contributed by atoms with Gasteiger partial charge in [0.15, 0.2) is 11.0 Å². The van der Waals surface area contributed by atoms with Crippen LogP contribution in [0.15, 0.2) is 15.9 Å². The Morgan fingerprint density at radius 2 is 2.16 bits per heavy atom. The van der Waals surface area contributed by atoms with Crippen molar-refractivity contribution < 1.29 is 9.63 Å². The molecule has 0 saturated heterocycles. The summed E-state index contributed by atoms with van der Waals surface area (Å²) in [6.45, 7) is 6.08. The van der Waals surface area contributed by atoms with Crippen LogP contribution < -0.4 is 0 Å². The van der Waals surface area contributed by atoms with E-state index >= 15 is 0 Å². The lowest BCUT2D eigenvalue weighted by atomic mass is 9.97. The fourth-order valence-electron chi connectivity index (χ4n) is 1.45. The van der Waals surface area contributed by atoms with E-state index in [-0.39, 0.29) is 12.0 Å². The molecule has 2 aromatic heterocycles. The molecule has 0 atom stereocenters. The molecule has 7 heteroatoms. The Balaban J connectivity index is 2.02. The number of thioether (sulfide) groups is 1. The second-order valence-electron chi connectivity index (χ2n) is 5.30. The molecule has 2 heterocycles. The number of rotatable bonds is 4. The summed E-state index contributed by atoms with van der Waals surface area (Å²) in [7, 11) is 1.87. The Bertz CT molecular complexity index is 556. The van der Waals surface area contributed by atoms with Crippen LogP contribution in [0.5, 0.6) is 0 Å². The molecule has 0 fully saturated rings. The minimum Gasteiger partial charge on any atom is -0.390 e. The summed E-state index contributed by atoms with van der Waals surface area (Å²) >= 11 is 1.52. The van der Waals surface area contributed by atoms with Crippen LogP contribution in [0.25, 0.3) is 0 Å². The van der Waals surface area contributed by atoms with Crippen molar-refractivity contribution in [2.75, 3.05) is 0 Å². The normalized spacial score (nSPS) is 12.1. The van der Waals surface area contributed by atoms with E-state index in [1.165, 1.54) is 11.8 Å². The molecule has 104 valence electrons. The predicted octanol–water partition coefficient (Wildman–Crippen LogP) is 1.89. The number of hydrogen-bond acceptors (Lipinski definition) is 6. The fourth-order valence-corrected chi connectivity index (χ4v) is 2.27. The van der Waals surface area contributed by atoms with E-state index in [0.29, 0.717) is 17.5 Å². The monoisotopic (exact) mass is 282 g/mol. The van der Waals surface area contributed by atoms with Crippen LogP contribution in [0.1, 0.15) is 38.2 Å². The Morgan fingerprint density at radius 3 is 2.68 bits per heavy atom. The van der Waals surface area contributed by atoms with Gasteiger partial charge >= 0.3 is 0 Å². The zero-order valence-electron chi connectivity index (χ0n) is 11.5. The quantitative estimate of drug-likeness (QED) is 0.863. The first-order valence-electron chi connectivity index (χ1n) is 5.99. The standard InChI is InChI=1S/C12H18N4O2S/c1-12(2,3)10-14-9(15-18-10)7-19-11-13-5-8(6-17)16(11)4/h5,17H,6-7H2,1-4H3. The van der Waals surface area contributed by atoms with Gasteiger partial charge in [0.05, 0.1) is 24.3 Å². The molecule has 0 aliphatic heterocycles. The molecule has 0 radical (unpaired) electrons. The summed E-state index contributed by atoms with van der Waals surface area (Å²) in [6.07, 6.45) is 1.67. The van der Waals surface area contributed by atoms with E-state index in [1.54, 1.807) is 6.20 Å². The van der Waals surface area contributed by atoms with Gasteiger partial charge in [0.25, 0.3) is 0 Å². The van der Waals surface area contributed by atoms with Crippen LogP contribution in [-0.2, 0) is 24.8 Å². The van der Waals surface area contributed by atoms with Crippen LogP contribution in [0, 0.1) is 0 Å². The first-order valence-corrected chi connectivity index (χ1v) is 6.97. The summed E-state index contributed by atoms with van der Waals surface area (Å²) in [6, 6.07) is 0. The SMILES string of the molecule is Cn1c(CO)cnc1SCc1noc(C(C)(C)C)n1. The summed E-state index contributed by atoms with van der Waals surface area (Å²) < 4.78 is 7.09. The largest absolute Gasteiger partial charge is 0.390 e. The van der Waals surface area contributed by atoms with E-state index in [4.69, 9.17) is 9.63 Å². The van der Waals surface area contributed by atoms with Gasteiger partial charge in [-0.05, 0) is 0 Å². The Morgan fingerprint density at radius 1 is 1.42 bits per heavy atom. The van der Waals surface area contributed by atoms with E-state index in [2.05, 4.69) is 15.1 Å². The van der Waals surface area contributed by atoms with Gasteiger partial charge in [0.1, 0.15) is 0 Å². The molecule has 0 bridgehead atoms. The maximum atomic E-state index is 9.10. The topological polar surface area (TPSA) is 77.0 Å². The summed E-state index contributed by atoms with van der Waals surface area (Å²) in [5, 5.41) is 13.9. The lowest BCUT2D eigenvalue weighted by molar-refractivity contribution is 0.271. The second-order valence-corrected chi connectivity index (χ2v) is 6.25. The van der Waals surface area contributed by atoms with Crippen molar-refractivity contribution in [2.45, 2.75) is 43.7 Å². The number of aliphatic hydroxyl groups is 1. The van der Waals surface area contributed by atoms with E-state index in [0.717, 1.165) is 10.9 Å². The van der Waals surface area contributed by atoms with Gasteiger partial charge in [0, 0.05) is 12.5 Å². The minimum absolute atomic E-state index is 0.0134. The van der Waals surface area contributed by atoms with Gasteiger partial charge in [-0.15, -0.1) is 0 Å². The number of aliphatic hydroxyl groups excluding tert-OH is 1. The van der Waals surface area contributed by atoms with Crippen molar-refractivity contribution in [3.05, 3.63) is 23.6 Å². The third-order valence-electron chi connectivity index (χ3n) is 2.64. The number of aromatic nitrogens is 4. The highest BCUT2D eigenvalue weighted by molar-refractivity contribution is 7.98. The predicted molar refractivity (Wildman–Crippen MR) is 71.7 cm³/mol. The Labute approximate surface area is 116 Å². The third-order valence-corrected chi connectivity index (χ3v) is 3.68. The first-order chi connectivity index (χ1) is 8.91. The van der Waals surface area contributed by atoms with E-state index in [9.17, 15) is 0 Å². The molecule has 0 unspecified atom stereocenters. The van der Waals surface area contributed by atoms with Crippen LogP contribution >= 0.6 is 11.8 Å². The van der Waals surface area contributed by atoms with Crippen molar-refractivity contribution in [3.63, 3.8) is 0 Å². The molecule has 6 nitrogen and oxygen atoms in total. The molecule has 0 aliphatic carbocycles. The molecule has 19 heavy (non-hydrogen) atoms. The maximum absolute atomic E-state index is 9.10. The highest BCUT2D eigenvalue weighted by Gasteiger charge is 2.21. The fraction of sp³-hybridized carbons (Fsp3) is 0.583. The molecule has 0 saturated carbocycles. The smallest absolute Gasteiger partial charge is 0.232 e. The van der Waals surface area contributed by atoms with Gasteiger partial charge in [-0.2, -0.15) is 4.98 Å². The van der Waals surface area contributed by atoms with Gasteiger partial charge in [0.2, 0.25) is 5.89 Å². The minimum atomic E-state index is -0.136. The highest BCUT2D eigenvalue weighted by Crippen LogP contribution is 2.24. The summed E-state index contributed by atoms with van der Waals surface area (Å²) in [4.78, 5) is 8.61. The molecule has 0 amide bonds. The lowest BCUT2D eigenvalue weighted by Gasteiger charge is -2.10. The average Bonchev–Trinajstić information content (AvgIpc) is 2.93. The average molecular weight is 282 g/mol. The lowest BCUT2D eigenvalue weighted by Crippen LogP contribution is -2.11. The summed E-state index contributed by atoms with van der Waals surface area (Å²) in [5.74, 6) is 1.89. The highest BCUT2D eigenvalue weighted by atomic mass is 32.2. The van der Waals surface area contributed by atoms with Crippen LogP contribution in [0.4, 0.5) is 0 Å². The Hall–Kier alpha value is -1.34. The van der Waals surface area contributed by atoms with E-state index < -0.39 is 0 Å². The van der Waals surface area contributed by atoms with Crippen molar-refractivity contribution in [1.82, 2.24) is 19.7 Å². The number of hydrogen-bond donors (Lipinski definition) is 1. The molecule has 2 aromatic rings. The van der Waals surface area contributed by atoms with Gasteiger partial charge < -0.3 is 14.2 Å². The molecule has 0 aliphatic rings. The van der Waals surface area contributed by atoms with E-state index in [1.807, 2.05) is 32.4 Å². The van der Waals surface area contributed by atoms with Crippen LogP contribution in [0.3, 0.4) is 0 Å². The van der Waals surface area contributed by atoms with Gasteiger partial charge in [-0.3, -0.25) is 0 Å². The molecular formula is C12H18N4O2S. The zero-order chi connectivity index (χ0) is 14.0. The molecule has 2 rings (SSSR count). The molecular weight excluding hydrogens is 264 g/mol.